The highest BCUT2D eigenvalue weighted by Crippen LogP contribution is 2.47. The molecule has 0 spiro atoms. The average Bonchev–Trinajstić information content (AvgIpc) is 2.62. The number of aliphatic hydroxyl groups is 1. The third kappa shape index (κ3) is 2.99. The van der Waals surface area contributed by atoms with E-state index in [1.54, 1.807) is 0 Å². The molecule has 0 aliphatic heterocycles. The second kappa shape index (κ2) is 4.61. The van der Waals surface area contributed by atoms with Crippen molar-refractivity contribution in [3.63, 3.8) is 0 Å². The van der Waals surface area contributed by atoms with E-state index in [1.165, 1.54) is 25.7 Å². The van der Waals surface area contributed by atoms with E-state index in [4.69, 9.17) is 15.0 Å². The summed E-state index contributed by atoms with van der Waals surface area (Å²) in [5.74, 6) is 1.75. The van der Waals surface area contributed by atoms with Crippen molar-refractivity contribution in [2.75, 3.05) is 6.61 Å². The van der Waals surface area contributed by atoms with E-state index in [2.05, 4.69) is 0 Å². The number of rotatable bonds is 1. The quantitative estimate of drug-likeness (QED) is 0.652. The fraction of sp³-hybridized carbons (Fsp3) is 0.900. The van der Waals surface area contributed by atoms with Crippen molar-refractivity contribution in [1.82, 2.24) is 0 Å². The Bertz CT molecular complexity index is 175. The van der Waals surface area contributed by atoms with Gasteiger partial charge in [0.1, 0.15) is 0 Å². The molecule has 0 amide bonds. The second-order valence-corrected chi connectivity index (χ2v) is 4.14. The lowest BCUT2D eigenvalue weighted by Crippen LogP contribution is -2.13. The molecular weight excluding hydrogens is 168 g/mol. The average molecular weight is 186 g/mol. The molecule has 2 fully saturated rings. The van der Waals surface area contributed by atoms with E-state index in [1.807, 2.05) is 0 Å². The Balaban J connectivity index is 0.000000184. The van der Waals surface area contributed by atoms with Crippen molar-refractivity contribution >= 4 is 5.97 Å². The number of aliphatic hydroxyl groups excluding tert-OH is 1. The van der Waals surface area contributed by atoms with Crippen LogP contribution in [0.4, 0.5) is 0 Å². The summed E-state index contributed by atoms with van der Waals surface area (Å²) in [5.41, 5.74) is 0. The summed E-state index contributed by atoms with van der Waals surface area (Å²) in [6.45, 7) is 1.53. The number of fused-ring (bicyclic) bond motifs is 2. The van der Waals surface area contributed by atoms with Gasteiger partial charge in [-0.15, -0.1) is 0 Å². The van der Waals surface area contributed by atoms with Gasteiger partial charge in [-0.25, -0.2) is 0 Å². The highest BCUT2D eigenvalue weighted by molar-refractivity contribution is 5.62. The third-order valence-electron chi connectivity index (χ3n) is 3.12. The summed E-state index contributed by atoms with van der Waals surface area (Å²) in [5, 5.41) is 16.3. The van der Waals surface area contributed by atoms with Crippen LogP contribution in [0.25, 0.3) is 0 Å². The maximum Gasteiger partial charge on any atom is 0.300 e. The fourth-order valence-corrected chi connectivity index (χ4v) is 2.60. The fourth-order valence-electron chi connectivity index (χ4n) is 2.60. The molecule has 76 valence electrons. The lowest BCUT2D eigenvalue weighted by molar-refractivity contribution is -0.134. The molecule has 0 aromatic rings. The molecule has 0 heterocycles. The molecule has 3 heteroatoms. The van der Waals surface area contributed by atoms with Crippen LogP contribution in [0.2, 0.25) is 0 Å². The molecule has 3 unspecified atom stereocenters. The smallest absolute Gasteiger partial charge is 0.300 e. The van der Waals surface area contributed by atoms with Gasteiger partial charge in [0.25, 0.3) is 5.97 Å². The van der Waals surface area contributed by atoms with Gasteiger partial charge in [-0.1, -0.05) is 6.42 Å². The Morgan fingerprint density at radius 1 is 1.38 bits per heavy atom. The maximum atomic E-state index is 9.00. The highest BCUT2D eigenvalue weighted by atomic mass is 16.4. The van der Waals surface area contributed by atoms with Crippen LogP contribution in [-0.2, 0) is 4.79 Å². The van der Waals surface area contributed by atoms with Gasteiger partial charge in [0.15, 0.2) is 0 Å². The van der Waals surface area contributed by atoms with Crippen molar-refractivity contribution in [2.45, 2.75) is 32.6 Å². The summed E-state index contributed by atoms with van der Waals surface area (Å²) in [4.78, 5) is 9.00. The number of carbonyl (C=O) groups is 1. The van der Waals surface area contributed by atoms with E-state index >= 15 is 0 Å². The van der Waals surface area contributed by atoms with Crippen LogP contribution in [-0.4, -0.2) is 22.8 Å². The molecule has 13 heavy (non-hydrogen) atoms. The van der Waals surface area contributed by atoms with Gasteiger partial charge in [0, 0.05) is 13.5 Å². The number of hydrogen-bond donors (Lipinski definition) is 2. The van der Waals surface area contributed by atoms with Crippen molar-refractivity contribution in [1.29, 1.82) is 0 Å². The summed E-state index contributed by atoms with van der Waals surface area (Å²) < 4.78 is 0. The van der Waals surface area contributed by atoms with Gasteiger partial charge in [-0.05, 0) is 37.0 Å². The number of hydrogen-bond acceptors (Lipinski definition) is 2. The lowest BCUT2D eigenvalue weighted by atomic mass is 9.90. The van der Waals surface area contributed by atoms with E-state index in [0.717, 1.165) is 18.8 Å². The lowest BCUT2D eigenvalue weighted by Gasteiger charge is -2.18. The first kappa shape index (κ1) is 10.5. The number of aliphatic carboxylic acids is 1. The van der Waals surface area contributed by atoms with Gasteiger partial charge in [-0.2, -0.15) is 0 Å². The molecule has 3 nitrogen and oxygen atoms in total. The zero-order chi connectivity index (χ0) is 9.84. The molecular formula is C10H18O3. The van der Waals surface area contributed by atoms with Crippen LogP contribution in [0.5, 0.6) is 0 Å². The van der Waals surface area contributed by atoms with Crippen molar-refractivity contribution < 1.29 is 15.0 Å². The first-order valence-electron chi connectivity index (χ1n) is 4.94. The number of carboxylic acid groups (broad SMARTS) is 1. The molecule has 0 radical (unpaired) electrons. The first-order valence-corrected chi connectivity index (χ1v) is 4.94. The minimum atomic E-state index is -0.833. The van der Waals surface area contributed by atoms with Crippen LogP contribution in [0.1, 0.15) is 32.6 Å². The molecule has 2 N–H and O–H groups in total. The first-order chi connectivity index (χ1) is 6.13. The molecule has 2 bridgehead atoms. The Kier molecular flexibility index (Phi) is 3.72. The standard InChI is InChI=1S/C8H14O.C2H4O2/c9-5-8-4-6-1-2-7(8)3-6;1-2(3)4/h6-9H,1-5H2;1H3,(H,3,4). The van der Waals surface area contributed by atoms with Crippen LogP contribution >= 0.6 is 0 Å². The summed E-state index contributed by atoms with van der Waals surface area (Å²) in [6, 6.07) is 0. The van der Waals surface area contributed by atoms with Crippen molar-refractivity contribution in [3.05, 3.63) is 0 Å². The summed E-state index contributed by atoms with van der Waals surface area (Å²) in [7, 11) is 0. The molecule has 2 rings (SSSR count). The molecule has 2 aliphatic rings. The van der Waals surface area contributed by atoms with Gasteiger partial charge in [-0.3, -0.25) is 4.79 Å². The Labute approximate surface area is 78.8 Å². The van der Waals surface area contributed by atoms with Crippen LogP contribution in [0.15, 0.2) is 0 Å². The van der Waals surface area contributed by atoms with Gasteiger partial charge >= 0.3 is 0 Å². The monoisotopic (exact) mass is 186 g/mol. The molecule has 0 aromatic heterocycles. The predicted molar refractivity (Wildman–Crippen MR) is 49.3 cm³/mol. The minimum Gasteiger partial charge on any atom is -0.481 e. The SMILES string of the molecule is CC(=O)O.OCC1CC2CCC1C2. The van der Waals surface area contributed by atoms with Gasteiger partial charge in [0.05, 0.1) is 0 Å². The zero-order valence-electron chi connectivity index (χ0n) is 8.07. The van der Waals surface area contributed by atoms with Crippen LogP contribution in [0.3, 0.4) is 0 Å². The highest BCUT2D eigenvalue weighted by Gasteiger charge is 2.38. The molecule has 2 saturated carbocycles. The molecule has 3 atom stereocenters. The van der Waals surface area contributed by atoms with Gasteiger partial charge < -0.3 is 10.2 Å². The van der Waals surface area contributed by atoms with Crippen molar-refractivity contribution in [3.8, 4) is 0 Å². The molecule has 0 saturated heterocycles. The Hall–Kier alpha value is -0.570. The van der Waals surface area contributed by atoms with E-state index in [-0.39, 0.29) is 0 Å². The largest absolute Gasteiger partial charge is 0.481 e. The van der Waals surface area contributed by atoms with Crippen molar-refractivity contribution in [2.24, 2.45) is 17.8 Å². The van der Waals surface area contributed by atoms with Crippen LogP contribution in [0, 0.1) is 17.8 Å². The Morgan fingerprint density at radius 2 is 2.00 bits per heavy atom. The second-order valence-electron chi connectivity index (χ2n) is 4.14. The summed E-state index contributed by atoms with van der Waals surface area (Å²) >= 11 is 0. The van der Waals surface area contributed by atoms with Crippen LogP contribution < -0.4 is 0 Å². The summed E-state index contributed by atoms with van der Waals surface area (Å²) in [6.07, 6.45) is 5.59. The van der Waals surface area contributed by atoms with E-state index < -0.39 is 5.97 Å². The molecule has 2 aliphatic carbocycles. The topological polar surface area (TPSA) is 57.5 Å². The van der Waals surface area contributed by atoms with Gasteiger partial charge in [0.2, 0.25) is 0 Å². The Morgan fingerprint density at radius 3 is 2.23 bits per heavy atom. The maximum absolute atomic E-state index is 9.00. The normalized spacial score (nSPS) is 35.4. The zero-order valence-corrected chi connectivity index (χ0v) is 8.07. The number of carboxylic acids is 1. The minimum absolute atomic E-state index is 0.446. The predicted octanol–water partition coefficient (Wildman–Crippen LogP) is 1.51. The van der Waals surface area contributed by atoms with E-state index in [9.17, 15) is 0 Å². The van der Waals surface area contributed by atoms with E-state index in [0.29, 0.717) is 12.5 Å². The third-order valence-corrected chi connectivity index (χ3v) is 3.12. The molecule has 0 aromatic carbocycles.